The van der Waals surface area contributed by atoms with Gasteiger partial charge < -0.3 is 14.6 Å². The van der Waals surface area contributed by atoms with E-state index < -0.39 is 6.10 Å². The zero-order valence-electron chi connectivity index (χ0n) is 17.8. The first-order chi connectivity index (χ1) is 14.4. The molecule has 0 saturated carbocycles. The summed E-state index contributed by atoms with van der Waals surface area (Å²) in [5.74, 6) is 0.579. The highest BCUT2D eigenvalue weighted by atomic mass is 16.3. The molecular formula is C22H29N5O3. The van der Waals surface area contributed by atoms with Crippen molar-refractivity contribution in [1.29, 1.82) is 0 Å². The Balaban J connectivity index is 1.86. The minimum Gasteiger partial charge on any atom is -0.389 e. The first kappa shape index (κ1) is 20.4. The number of nitrogens with zero attached hydrogens (tertiary/aromatic N) is 5. The smallest absolute Gasteiger partial charge is 0.332 e. The summed E-state index contributed by atoms with van der Waals surface area (Å²) in [7, 11) is 1.65. The molecule has 1 aromatic carbocycles. The normalized spacial score (nSPS) is 16.3. The lowest BCUT2D eigenvalue weighted by Gasteiger charge is -2.32. The van der Waals surface area contributed by atoms with Crippen molar-refractivity contribution in [3.05, 3.63) is 50.7 Å². The first-order valence-corrected chi connectivity index (χ1v) is 10.6. The molecule has 0 bridgehead atoms. The van der Waals surface area contributed by atoms with Gasteiger partial charge in [-0.15, -0.1) is 0 Å². The van der Waals surface area contributed by atoms with Crippen LogP contribution in [0.3, 0.4) is 0 Å². The van der Waals surface area contributed by atoms with Gasteiger partial charge in [-0.05, 0) is 25.5 Å². The molecule has 4 rings (SSSR count). The van der Waals surface area contributed by atoms with Gasteiger partial charge in [-0.2, -0.15) is 4.98 Å². The fraction of sp³-hybridized carbons (Fsp3) is 0.500. The molecule has 8 heteroatoms. The maximum atomic E-state index is 13.3. The van der Waals surface area contributed by atoms with Crippen molar-refractivity contribution in [3.8, 4) is 0 Å². The summed E-state index contributed by atoms with van der Waals surface area (Å²) in [6, 6.07) is 7.95. The number of anilines is 2. The van der Waals surface area contributed by atoms with E-state index in [2.05, 4.69) is 11.9 Å². The lowest BCUT2D eigenvalue weighted by atomic mass is 10.2. The zero-order chi connectivity index (χ0) is 21.4. The van der Waals surface area contributed by atoms with Gasteiger partial charge in [-0.25, -0.2) is 4.79 Å². The highest BCUT2D eigenvalue weighted by Gasteiger charge is 2.30. The van der Waals surface area contributed by atoms with Crippen LogP contribution in [-0.2, 0) is 20.1 Å². The van der Waals surface area contributed by atoms with Crippen LogP contribution in [0.1, 0.15) is 38.2 Å². The molecule has 1 aliphatic heterocycles. The van der Waals surface area contributed by atoms with Crippen molar-refractivity contribution in [1.82, 2.24) is 18.7 Å². The number of aliphatic hydroxyl groups excluding tert-OH is 1. The molecule has 160 valence electrons. The molecule has 1 N–H and O–H groups in total. The van der Waals surface area contributed by atoms with Crippen molar-refractivity contribution < 1.29 is 5.11 Å². The molecule has 3 heterocycles. The lowest BCUT2D eigenvalue weighted by molar-refractivity contribution is 0.154. The van der Waals surface area contributed by atoms with E-state index in [0.29, 0.717) is 30.2 Å². The molecule has 0 unspecified atom stereocenters. The number of hydrogen-bond donors (Lipinski definition) is 1. The Morgan fingerprint density at radius 1 is 1.10 bits per heavy atom. The summed E-state index contributed by atoms with van der Waals surface area (Å²) in [5.41, 5.74) is 2.08. The van der Waals surface area contributed by atoms with Crippen LogP contribution in [0.2, 0.25) is 0 Å². The van der Waals surface area contributed by atoms with Crippen molar-refractivity contribution >= 4 is 22.8 Å². The SMILES string of the molecule is CCCCCCn1c(=O)c2c(nc3n2C[C@H](O)CN3c2ccc(C)cc2)n(C)c1=O. The van der Waals surface area contributed by atoms with E-state index in [1.165, 1.54) is 9.13 Å². The topological polar surface area (TPSA) is 85.3 Å². The van der Waals surface area contributed by atoms with Gasteiger partial charge in [0.25, 0.3) is 5.56 Å². The van der Waals surface area contributed by atoms with Gasteiger partial charge in [-0.3, -0.25) is 13.9 Å². The molecule has 2 aromatic heterocycles. The van der Waals surface area contributed by atoms with Crippen LogP contribution in [0.4, 0.5) is 11.6 Å². The second-order valence-electron chi connectivity index (χ2n) is 8.15. The van der Waals surface area contributed by atoms with Crippen LogP contribution in [-0.4, -0.2) is 36.4 Å². The summed E-state index contributed by atoms with van der Waals surface area (Å²) in [6.45, 7) is 5.19. The number of β-amino-alcohol motifs (C(OH)–C–C–N with tert-alkyl or cyclic N) is 1. The minimum absolute atomic E-state index is 0.275. The lowest BCUT2D eigenvalue weighted by Crippen LogP contribution is -2.41. The van der Waals surface area contributed by atoms with E-state index in [4.69, 9.17) is 0 Å². The van der Waals surface area contributed by atoms with Gasteiger partial charge in [0.15, 0.2) is 11.2 Å². The van der Waals surface area contributed by atoms with Crippen molar-refractivity contribution in [3.63, 3.8) is 0 Å². The highest BCUT2D eigenvalue weighted by Crippen LogP contribution is 2.31. The minimum atomic E-state index is -0.647. The van der Waals surface area contributed by atoms with E-state index in [9.17, 15) is 14.7 Å². The first-order valence-electron chi connectivity index (χ1n) is 10.6. The molecule has 0 aliphatic carbocycles. The Kier molecular flexibility index (Phi) is 5.51. The van der Waals surface area contributed by atoms with Gasteiger partial charge in [0, 0.05) is 19.3 Å². The van der Waals surface area contributed by atoms with Crippen LogP contribution in [0.15, 0.2) is 33.9 Å². The van der Waals surface area contributed by atoms with E-state index in [-0.39, 0.29) is 17.8 Å². The number of fused-ring (bicyclic) bond motifs is 3. The number of rotatable bonds is 6. The number of unbranched alkanes of at least 4 members (excludes halogenated alkanes) is 3. The van der Waals surface area contributed by atoms with Crippen molar-refractivity contribution in [2.75, 3.05) is 11.4 Å². The van der Waals surface area contributed by atoms with E-state index in [0.717, 1.165) is 36.9 Å². The third-order valence-corrected chi connectivity index (χ3v) is 5.82. The van der Waals surface area contributed by atoms with Crippen LogP contribution in [0.5, 0.6) is 0 Å². The van der Waals surface area contributed by atoms with Crippen molar-refractivity contribution in [2.45, 2.75) is 58.7 Å². The maximum Gasteiger partial charge on any atom is 0.332 e. The van der Waals surface area contributed by atoms with Gasteiger partial charge in [0.2, 0.25) is 5.95 Å². The molecule has 3 aromatic rings. The molecule has 0 spiro atoms. The number of imidazole rings is 1. The van der Waals surface area contributed by atoms with Crippen LogP contribution < -0.4 is 16.1 Å². The van der Waals surface area contributed by atoms with E-state index >= 15 is 0 Å². The second-order valence-corrected chi connectivity index (χ2v) is 8.15. The maximum absolute atomic E-state index is 13.3. The Labute approximate surface area is 175 Å². The number of hydrogen-bond acceptors (Lipinski definition) is 5. The van der Waals surface area contributed by atoms with Crippen LogP contribution in [0, 0.1) is 6.92 Å². The summed E-state index contributed by atoms with van der Waals surface area (Å²) in [6.07, 6.45) is 3.29. The van der Waals surface area contributed by atoms with Gasteiger partial charge >= 0.3 is 5.69 Å². The number of aliphatic hydroxyl groups is 1. The highest BCUT2D eigenvalue weighted by molar-refractivity contribution is 5.77. The fourth-order valence-electron chi connectivity index (χ4n) is 4.14. The second kappa shape index (κ2) is 8.10. The van der Waals surface area contributed by atoms with E-state index in [1.807, 2.05) is 36.1 Å². The Hall–Kier alpha value is -2.87. The van der Waals surface area contributed by atoms with Gasteiger partial charge in [0.1, 0.15) is 0 Å². The zero-order valence-corrected chi connectivity index (χ0v) is 17.8. The monoisotopic (exact) mass is 411 g/mol. The quantitative estimate of drug-likeness (QED) is 0.629. The van der Waals surface area contributed by atoms with Crippen molar-refractivity contribution in [2.24, 2.45) is 7.05 Å². The van der Waals surface area contributed by atoms with Gasteiger partial charge in [-0.1, -0.05) is 43.9 Å². The Morgan fingerprint density at radius 3 is 2.53 bits per heavy atom. The summed E-state index contributed by atoms with van der Waals surface area (Å²) >= 11 is 0. The Morgan fingerprint density at radius 2 is 1.83 bits per heavy atom. The molecule has 8 nitrogen and oxygen atoms in total. The Bertz CT molecular complexity index is 1170. The molecule has 0 amide bonds. The van der Waals surface area contributed by atoms with Gasteiger partial charge in [0.05, 0.1) is 19.2 Å². The molecule has 30 heavy (non-hydrogen) atoms. The number of benzene rings is 1. The predicted molar refractivity (Wildman–Crippen MR) is 118 cm³/mol. The molecule has 0 fully saturated rings. The van der Waals surface area contributed by atoms with Crippen LogP contribution >= 0.6 is 0 Å². The summed E-state index contributed by atoms with van der Waals surface area (Å²) < 4.78 is 4.51. The average molecular weight is 412 g/mol. The standard InChI is InChI=1S/C22H29N5O3/c1-4-5-6-7-12-25-20(29)18-19(24(3)22(25)30)23-21-26(13-17(28)14-27(18)21)16-10-8-15(2)9-11-16/h8-11,17,28H,4-7,12-14H2,1-3H3/t17-/m1/s1. The molecule has 0 saturated heterocycles. The van der Waals surface area contributed by atoms with E-state index in [1.54, 1.807) is 11.6 Å². The molecule has 1 aliphatic rings. The third-order valence-electron chi connectivity index (χ3n) is 5.82. The summed E-state index contributed by atoms with van der Waals surface area (Å²) in [4.78, 5) is 32.7. The molecular weight excluding hydrogens is 382 g/mol. The molecule has 1 atom stereocenters. The number of aryl methyl sites for hydroxylation is 2. The summed E-state index contributed by atoms with van der Waals surface area (Å²) in [5, 5.41) is 10.5. The van der Waals surface area contributed by atoms with Crippen LogP contribution in [0.25, 0.3) is 11.2 Å². The fourth-order valence-corrected chi connectivity index (χ4v) is 4.14. The largest absolute Gasteiger partial charge is 0.389 e. The predicted octanol–water partition coefficient (Wildman–Crippen LogP) is 2.30. The average Bonchev–Trinajstić information content (AvgIpc) is 3.11. The molecule has 0 radical (unpaired) electrons. The third kappa shape index (κ3) is 3.45. The number of aromatic nitrogens is 4.